The van der Waals surface area contributed by atoms with Gasteiger partial charge in [0.2, 0.25) is 0 Å². The van der Waals surface area contributed by atoms with E-state index in [9.17, 15) is 0 Å². The van der Waals surface area contributed by atoms with Crippen molar-refractivity contribution in [2.24, 2.45) is 0 Å². The molecular weight excluding hydrogens is 359 g/mol. The molecule has 0 spiro atoms. The van der Waals surface area contributed by atoms with Gasteiger partial charge in [0.25, 0.3) is 0 Å². The van der Waals surface area contributed by atoms with Crippen LogP contribution in [0.4, 0.5) is 0 Å². The lowest BCUT2D eigenvalue weighted by atomic mass is 10.2. The highest BCUT2D eigenvalue weighted by molar-refractivity contribution is 6.32. The summed E-state index contributed by atoms with van der Waals surface area (Å²) in [7, 11) is 3.56. The first-order valence-electron chi connectivity index (χ1n) is 7.02. The van der Waals surface area contributed by atoms with Crippen LogP contribution in [0.1, 0.15) is 12.2 Å². The van der Waals surface area contributed by atoms with Gasteiger partial charge in [0.05, 0.1) is 18.7 Å². The van der Waals surface area contributed by atoms with Gasteiger partial charge in [-0.3, -0.25) is 0 Å². The lowest BCUT2D eigenvalue weighted by Crippen LogP contribution is -2.19. The molecule has 7 heteroatoms. The second-order valence-corrected chi connectivity index (χ2v) is 5.16. The largest absolute Gasteiger partial charge is 0.495 e. The summed E-state index contributed by atoms with van der Waals surface area (Å²) in [6.07, 6.45) is 1.10. The number of methoxy groups -OCH3 is 1. The van der Waals surface area contributed by atoms with E-state index in [-0.39, 0.29) is 24.8 Å². The van der Waals surface area contributed by atoms with E-state index in [1.807, 2.05) is 37.4 Å². The van der Waals surface area contributed by atoms with E-state index >= 15 is 0 Å². The lowest BCUT2D eigenvalue weighted by molar-refractivity contribution is 0.415. The molecule has 2 aromatic rings. The van der Waals surface area contributed by atoms with Crippen molar-refractivity contribution in [3.8, 4) is 17.1 Å². The Bertz CT molecular complexity index is 576. The van der Waals surface area contributed by atoms with Gasteiger partial charge in [0, 0.05) is 5.56 Å². The first-order chi connectivity index (χ1) is 10.2. The minimum Gasteiger partial charge on any atom is -0.495 e. The van der Waals surface area contributed by atoms with E-state index in [0.29, 0.717) is 10.8 Å². The molecule has 0 atom stereocenters. The number of benzene rings is 1. The van der Waals surface area contributed by atoms with Crippen molar-refractivity contribution in [2.75, 3.05) is 27.2 Å². The second-order valence-electron chi connectivity index (χ2n) is 4.75. The van der Waals surface area contributed by atoms with Gasteiger partial charge in [-0.2, -0.15) is 0 Å². The lowest BCUT2D eigenvalue weighted by Gasteiger charge is -2.04. The molecule has 1 heterocycles. The fourth-order valence-corrected chi connectivity index (χ4v) is 2.31. The van der Waals surface area contributed by atoms with Crippen LogP contribution >= 0.6 is 36.4 Å². The molecule has 2 rings (SSSR count). The molecule has 23 heavy (non-hydrogen) atoms. The Labute approximate surface area is 154 Å². The molecule has 0 saturated heterocycles. The zero-order valence-corrected chi connectivity index (χ0v) is 15.6. The summed E-state index contributed by atoms with van der Waals surface area (Å²) in [5.41, 5.74) is 0.947. The summed E-state index contributed by atoms with van der Waals surface area (Å²) >= 11 is 6.13. The van der Waals surface area contributed by atoms with Gasteiger partial charge in [-0.25, -0.2) is 0 Å². The predicted octanol–water partition coefficient (Wildman–Crippen LogP) is 4.15. The van der Waals surface area contributed by atoms with E-state index in [1.165, 1.54) is 0 Å². The highest BCUT2D eigenvalue weighted by Gasteiger charge is 2.08. The van der Waals surface area contributed by atoms with Crippen molar-refractivity contribution in [3.05, 3.63) is 41.1 Å². The standard InChI is InChI=1S/C16H21ClN2O2.2ClH/c1-18-8-3-9-19-11-13-5-7-15(21-13)12-4-6-16(20-2)14(17)10-12;;/h4-7,10,18-19H,3,8-9,11H2,1-2H3;2*1H. The maximum Gasteiger partial charge on any atom is 0.137 e. The highest BCUT2D eigenvalue weighted by atomic mass is 35.5. The Balaban J connectivity index is 0.00000242. The van der Waals surface area contributed by atoms with E-state index in [4.69, 9.17) is 20.8 Å². The molecule has 0 saturated carbocycles. The smallest absolute Gasteiger partial charge is 0.137 e. The molecule has 0 aliphatic carbocycles. The Kier molecular flexibility index (Phi) is 11.1. The van der Waals surface area contributed by atoms with Gasteiger partial charge in [-0.1, -0.05) is 11.6 Å². The maximum absolute atomic E-state index is 6.13. The van der Waals surface area contributed by atoms with Gasteiger partial charge < -0.3 is 19.8 Å². The number of furan rings is 1. The van der Waals surface area contributed by atoms with E-state index in [2.05, 4.69) is 10.6 Å². The Morgan fingerprint density at radius 1 is 1.13 bits per heavy atom. The van der Waals surface area contributed by atoms with E-state index < -0.39 is 0 Å². The molecule has 1 aromatic carbocycles. The number of hydrogen-bond donors (Lipinski definition) is 2. The van der Waals surface area contributed by atoms with Crippen LogP contribution in [0.25, 0.3) is 11.3 Å². The third-order valence-electron chi connectivity index (χ3n) is 3.18. The van der Waals surface area contributed by atoms with Crippen LogP contribution in [0, 0.1) is 0 Å². The number of rotatable bonds is 8. The molecule has 4 nitrogen and oxygen atoms in total. The number of halogens is 3. The van der Waals surface area contributed by atoms with Crippen LogP contribution in [-0.2, 0) is 6.54 Å². The van der Waals surface area contributed by atoms with Crippen LogP contribution in [0.3, 0.4) is 0 Å². The fourth-order valence-electron chi connectivity index (χ4n) is 2.05. The summed E-state index contributed by atoms with van der Waals surface area (Å²) in [4.78, 5) is 0. The minimum absolute atomic E-state index is 0. The molecule has 0 aliphatic heterocycles. The van der Waals surface area contributed by atoms with Crippen molar-refractivity contribution in [2.45, 2.75) is 13.0 Å². The van der Waals surface area contributed by atoms with E-state index in [0.717, 1.165) is 43.1 Å². The molecule has 0 unspecified atom stereocenters. The minimum atomic E-state index is 0. The fraction of sp³-hybridized carbons (Fsp3) is 0.375. The Hall–Kier alpha value is -0.910. The van der Waals surface area contributed by atoms with Crippen molar-refractivity contribution >= 4 is 36.4 Å². The summed E-state index contributed by atoms with van der Waals surface area (Å²) < 4.78 is 11.0. The number of ether oxygens (including phenoxy) is 1. The molecule has 0 fully saturated rings. The third-order valence-corrected chi connectivity index (χ3v) is 3.47. The van der Waals surface area contributed by atoms with Crippen molar-refractivity contribution < 1.29 is 9.15 Å². The monoisotopic (exact) mass is 380 g/mol. The summed E-state index contributed by atoms with van der Waals surface area (Å²) in [5.74, 6) is 2.39. The maximum atomic E-state index is 6.13. The van der Waals surface area contributed by atoms with E-state index in [1.54, 1.807) is 7.11 Å². The molecule has 0 aliphatic rings. The number of hydrogen-bond acceptors (Lipinski definition) is 4. The second kappa shape index (κ2) is 11.6. The van der Waals surface area contributed by atoms with Crippen LogP contribution < -0.4 is 15.4 Å². The topological polar surface area (TPSA) is 46.4 Å². The van der Waals surface area contributed by atoms with Crippen molar-refractivity contribution in [1.29, 1.82) is 0 Å². The van der Waals surface area contributed by atoms with Gasteiger partial charge in [0.1, 0.15) is 17.3 Å². The van der Waals surface area contributed by atoms with Crippen molar-refractivity contribution in [3.63, 3.8) is 0 Å². The Morgan fingerprint density at radius 2 is 1.91 bits per heavy atom. The Morgan fingerprint density at radius 3 is 2.57 bits per heavy atom. The van der Waals surface area contributed by atoms with Gasteiger partial charge in [-0.15, -0.1) is 24.8 Å². The summed E-state index contributed by atoms with van der Waals surface area (Å²) in [5, 5.41) is 7.05. The first-order valence-corrected chi connectivity index (χ1v) is 7.40. The predicted molar refractivity (Wildman–Crippen MR) is 100 cm³/mol. The van der Waals surface area contributed by atoms with Gasteiger partial charge in [0.15, 0.2) is 0 Å². The average molecular weight is 382 g/mol. The average Bonchev–Trinajstić information content (AvgIpc) is 2.96. The van der Waals surface area contributed by atoms with Gasteiger partial charge >= 0.3 is 0 Å². The SMILES string of the molecule is CNCCCNCc1ccc(-c2ccc(OC)c(Cl)c2)o1.Cl.Cl. The quantitative estimate of drug-likeness (QED) is 0.674. The van der Waals surface area contributed by atoms with Crippen LogP contribution in [-0.4, -0.2) is 27.2 Å². The van der Waals surface area contributed by atoms with Crippen LogP contribution in [0.5, 0.6) is 5.75 Å². The van der Waals surface area contributed by atoms with Gasteiger partial charge in [-0.05, 0) is 56.9 Å². The summed E-state index contributed by atoms with van der Waals surface area (Å²) in [6.45, 7) is 2.71. The first kappa shape index (κ1) is 22.1. The molecule has 130 valence electrons. The number of nitrogens with one attached hydrogen (secondary N) is 2. The zero-order valence-electron chi connectivity index (χ0n) is 13.2. The third kappa shape index (κ3) is 6.61. The molecule has 1 aromatic heterocycles. The zero-order chi connectivity index (χ0) is 15.1. The van der Waals surface area contributed by atoms with Crippen molar-refractivity contribution in [1.82, 2.24) is 10.6 Å². The summed E-state index contributed by atoms with van der Waals surface area (Å²) in [6, 6.07) is 9.58. The highest BCUT2D eigenvalue weighted by Crippen LogP contribution is 2.30. The molecule has 0 bridgehead atoms. The molecule has 2 N–H and O–H groups in total. The van der Waals surface area contributed by atoms with Crippen LogP contribution in [0.15, 0.2) is 34.7 Å². The molecule has 0 radical (unpaired) electrons. The molecule has 0 amide bonds. The molecular formula is C16H23Cl3N2O2. The normalized spacial score (nSPS) is 9.87. The van der Waals surface area contributed by atoms with Crippen LogP contribution in [0.2, 0.25) is 5.02 Å².